The molecule has 12 heteroatoms. The van der Waals surface area contributed by atoms with Gasteiger partial charge in [0.15, 0.2) is 0 Å². The highest BCUT2D eigenvalue weighted by Gasteiger charge is 2.24. The van der Waals surface area contributed by atoms with Crippen LogP contribution in [0.1, 0.15) is 101 Å². The molecule has 1 saturated carbocycles. The molecule has 12 nitrogen and oxygen atoms in total. The average Bonchev–Trinajstić information content (AvgIpc) is 4.03. The molecule has 0 saturated heterocycles. The third-order valence-electron chi connectivity index (χ3n) is 8.81. The number of anilines is 4. The molecule has 0 aliphatic heterocycles. The molecule has 6 rings (SSSR count). The van der Waals surface area contributed by atoms with Crippen LogP contribution in [0.2, 0.25) is 0 Å². The van der Waals surface area contributed by atoms with Gasteiger partial charge in [0.05, 0.1) is 29.5 Å². The zero-order chi connectivity index (χ0) is 42.4. The molecule has 1 aliphatic carbocycles. The molecule has 1 atom stereocenters. The minimum absolute atomic E-state index is 0.0185. The monoisotopic (exact) mass is 784 g/mol. The Labute approximate surface area is 341 Å². The second kappa shape index (κ2) is 21.1. The fourth-order valence-corrected chi connectivity index (χ4v) is 5.72. The molecule has 0 bridgehead atoms. The third kappa shape index (κ3) is 13.0. The topological polar surface area (TPSA) is 202 Å². The van der Waals surface area contributed by atoms with Crippen molar-refractivity contribution in [3.8, 4) is 11.5 Å². The first kappa shape index (κ1) is 44.2. The maximum absolute atomic E-state index is 12.6. The summed E-state index contributed by atoms with van der Waals surface area (Å²) in [5, 5.41) is 22.8. The summed E-state index contributed by atoms with van der Waals surface area (Å²) in [7, 11) is 0. The molecule has 1 fully saturated rings. The molecule has 1 aliphatic rings. The van der Waals surface area contributed by atoms with E-state index in [0.29, 0.717) is 69.1 Å². The maximum Gasteiger partial charge on any atom is 0.232 e. The Morgan fingerprint density at radius 1 is 0.690 bits per heavy atom. The van der Waals surface area contributed by atoms with Gasteiger partial charge in [-0.2, -0.15) is 0 Å². The summed E-state index contributed by atoms with van der Waals surface area (Å²) in [5.74, 6) is 2.15. The van der Waals surface area contributed by atoms with Crippen molar-refractivity contribution in [3.63, 3.8) is 0 Å². The van der Waals surface area contributed by atoms with Crippen LogP contribution in [0.4, 0.5) is 23.0 Å². The highest BCUT2D eigenvalue weighted by Crippen LogP contribution is 2.32. The zero-order valence-electron chi connectivity index (χ0n) is 34.4. The van der Waals surface area contributed by atoms with Crippen LogP contribution >= 0.6 is 0 Å². The van der Waals surface area contributed by atoms with E-state index in [9.17, 15) is 9.59 Å². The van der Waals surface area contributed by atoms with Crippen LogP contribution in [0.3, 0.4) is 0 Å². The van der Waals surface area contributed by atoms with Crippen molar-refractivity contribution in [2.75, 3.05) is 22.1 Å². The molecular weight excluding hydrogens is 729 g/mol. The highest BCUT2D eigenvalue weighted by atomic mass is 16.5. The Morgan fingerprint density at radius 3 is 1.60 bits per heavy atom. The van der Waals surface area contributed by atoms with E-state index in [1.807, 2.05) is 78.8 Å². The number of nitrogens with one attached hydrogen (secondary N) is 4. The third-order valence-corrected chi connectivity index (χ3v) is 8.81. The quantitative estimate of drug-likeness (QED) is 0.0472. The minimum atomic E-state index is -0.323. The molecule has 0 spiro atoms. The van der Waals surface area contributed by atoms with Crippen LogP contribution in [-0.2, 0) is 9.59 Å². The number of aromatic nitrogens is 2. The molecule has 1 unspecified atom stereocenters. The summed E-state index contributed by atoms with van der Waals surface area (Å²) in [5.41, 5.74) is 16.9. The van der Waals surface area contributed by atoms with E-state index in [0.717, 1.165) is 18.4 Å². The van der Waals surface area contributed by atoms with Gasteiger partial charge in [-0.1, -0.05) is 44.2 Å². The Morgan fingerprint density at radius 2 is 1.16 bits per heavy atom. The van der Waals surface area contributed by atoms with Crippen LogP contribution in [0.15, 0.2) is 103 Å². The number of pyridine rings is 2. The lowest BCUT2D eigenvalue weighted by Gasteiger charge is -2.15. The van der Waals surface area contributed by atoms with E-state index in [-0.39, 0.29) is 41.4 Å². The van der Waals surface area contributed by atoms with Crippen molar-refractivity contribution < 1.29 is 19.1 Å². The van der Waals surface area contributed by atoms with Crippen LogP contribution in [0.25, 0.3) is 0 Å². The Bertz CT molecular complexity index is 2180. The SMILES string of the molecule is CC.CC(C)Oc1ccc(N)c(C(=N)c2ccnc(NC(=O)C(C)c3ccccc3)c2)c1.CC(C)Oc1ccc(N)c(C(=N)c2ccnc(NC(=O)CC3CC3)c2)c1. The molecular formula is C46H56N8O4. The molecule has 0 radical (unpaired) electrons. The van der Waals surface area contributed by atoms with Crippen LogP contribution in [-0.4, -0.2) is 45.4 Å². The van der Waals surface area contributed by atoms with Crippen molar-refractivity contribution >= 4 is 46.2 Å². The Hall–Kier alpha value is -6.56. The normalized spacial score (nSPS) is 12.2. The fourth-order valence-electron chi connectivity index (χ4n) is 5.72. The molecule has 3 aromatic carbocycles. The van der Waals surface area contributed by atoms with Crippen molar-refractivity contribution in [2.45, 2.75) is 85.9 Å². The van der Waals surface area contributed by atoms with Gasteiger partial charge in [-0.25, -0.2) is 9.97 Å². The van der Waals surface area contributed by atoms with E-state index in [2.05, 4.69) is 20.6 Å². The van der Waals surface area contributed by atoms with Gasteiger partial charge in [0.1, 0.15) is 23.1 Å². The van der Waals surface area contributed by atoms with Crippen molar-refractivity contribution in [1.29, 1.82) is 10.8 Å². The number of amides is 2. The average molecular weight is 785 g/mol. The molecule has 2 heterocycles. The fraction of sp³-hybridized carbons (Fsp3) is 0.304. The lowest BCUT2D eigenvalue weighted by Crippen LogP contribution is -2.19. The standard InChI is InChI=1S/C24H26N4O2.C20H24N4O2.C2H6/c1-15(2)30-19-9-10-21(25)20(14-19)23(26)18-11-12-27-22(13-18)28-24(29)16(3)17-7-5-4-6-8-17;1-12(2)26-15-5-6-17(21)16(11-15)20(22)14-7-8-23-18(10-14)24-19(25)9-13-3-4-13;1-2/h4-16,26H,25H2,1-3H3,(H,27,28,29);5-8,10-13,22H,3-4,9,21H2,1-2H3,(H,23,24,25);1-2H3. The van der Waals surface area contributed by atoms with E-state index in [4.69, 9.17) is 31.8 Å². The smallest absolute Gasteiger partial charge is 0.232 e. The number of nitrogens with zero attached hydrogens (tertiary/aromatic N) is 2. The molecule has 304 valence electrons. The van der Waals surface area contributed by atoms with Crippen molar-refractivity contribution in [2.24, 2.45) is 5.92 Å². The van der Waals surface area contributed by atoms with Gasteiger partial charge in [0.25, 0.3) is 0 Å². The van der Waals surface area contributed by atoms with Crippen molar-refractivity contribution in [3.05, 3.63) is 131 Å². The number of rotatable bonds is 14. The summed E-state index contributed by atoms with van der Waals surface area (Å²) < 4.78 is 11.4. The van der Waals surface area contributed by atoms with Crippen LogP contribution in [0, 0.1) is 16.7 Å². The van der Waals surface area contributed by atoms with E-state index in [1.165, 1.54) is 0 Å². The van der Waals surface area contributed by atoms with Gasteiger partial charge in [-0.3, -0.25) is 20.4 Å². The first-order valence-corrected chi connectivity index (χ1v) is 19.7. The Kier molecular flexibility index (Phi) is 16.1. The van der Waals surface area contributed by atoms with Gasteiger partial charge in [0.2, 0.25) is 11.8 Å². The molecule has 8 N–H and O–H groups in total. The molecule has 5 aromatic rings. The summed E-state index contributed by atoms with van der Waals surface area (Å²) >= 11 is 0. The summed E-state index contributed by atoms with van der Waals surface area (Å²) in [6.07, 6.45) is 5.99. The van der Waals surface area contributed by atoms with Crippen LogP contribution in [0.5, 0.6) is 11.5 Å². The van der Waals surface area contributed by atoms with Gasteiger partial charge in [-0.15, -0.1) is 0 Å². The Balaban J connectivity index is 0.000000248. The predicted molar refractivity (Wildman–Crippen MR) is 234 cm³/mol. The van der Waals surface area contributed by atoms with Gasteiger partial charge >= 0.3 is 0 Å². The highest BCUT2D eigenvalue weighted by molar-refractivity contribution is 6.15. The summed E-state index contributed by atoms with van der Waals surface area (Å²) in [4.78, 5) is 33.0. The van der Waals surface area contributed by atoms with Crippen molar-refractivity contribution in [1.82, 2.24) is 9.97 Å². The second-order valence-corrected chi connectivity index (χ2v) is 14.3. The first-order chi connectivity index (χ1) is 27.8. The summed E-state index contributed by atoms with van der Waals surface area (Å²) in [6, 6.07) is 26.9. The molecule has 2 aromatic heterocycles. The van der Waals surface area contributed by atoms with Gasteiger partial charge < -0.3 is 31.6 Å². The van der Waals surface area contributed by atoms with Gasteiger partial charge in [-0.05, 0) is 120 Å². The van der Waals surface area contributed by atoms with Gasteiger partial charge in [0, 0.05) is 52.4 Å². The first-order valence-electron chi connectivity index (χ1n) is 19.7. The number of ether oxygens (including phenoxy) is 2. The second-order valence-electron chi connectivity index (χ2n) is 14.3. The van der Waals surface area contributed by atoms with E-state index < -0.39 is 0 Å². The number of nitrogen functional groups attached to an aromatic ring is 2. The zero-order valence-corrected chi connectivity index (χ0v) is 34.4. The number of benzene rings is 3. The number of carbonyl (C=O) groups is 2. The lowest BCUT2D eigenvalue weighted by atomic mass is 10.00. The number of hydrogen-bond acceptors (Lipinski definition) is 10. The number of nitrogens with two attached hydrogens (primary N) is 2. The number of carbonyl (C=O) groups excluding carboxylic acids is 2. The summed E-state index contributed by atoms with van der Waals surface area (Å²) in [6.45, 7) is 13.6. The molecule has 58 heavy (non-hydrogen) atoms. The van der Waals surface area contributed by atoms with E-state index in [1.54, 1.807) is 73.1 Å². The predicted octanol–water partition coefficient (Wildman–Crippen LogP) is 9.24. The maximum atomic E-state index is 12.6. The largest absolute Gasteiger partial charge is 0.491 e. The van der Waals surface area contributed by atoms with Crippen LogP contribution < -0.4 is 31.6 Å². The minimum Gasteiger partial charge on any atom is -0.491 e. The number of hydrogen-bond donors (Lipinski definition) is 6. The van der Waals surface area contributed by atoms with E-state index >= 15 is 0 Å². The lowest BCUT2D eigenvalue weighted by molar-refractivity contribution is -0.117. The molecule has 2 amide bonds.